The van der Waals surface area contributed by atoms with Gasteiger partial charge in [-0.1, -0.05) is 104 Å². The van der Waals surface area contributed by atoms with E-state index in [-0.39, 0.29) is 65.7 Å². The fraction of sp³-hybridized carbons (Fsp3) is 0.548. The summed E-state index contributed by atoms with van der Waals surface area (Å²) in [7, 11) is 7.37. The maximum Gasteiger partial charge on any atom is 0.407 e. The number of hydrogen-bond donors (Lipinski definition) is 12. The van der Waals surface area contributed by atoms with Gasteiger partial charge < -0.3 is 74.1 Å². The predicted octanol–water partition coefficient (Wildman–Crippen LogP) is 14.4. The zero-order chi connectivity index (χ0) is 80.2. The summed E-state index contributed by atoms with van der Waals surface area (Å²) >= 11 is 30.8. The highest BCUT2D eigenvalue weighted by Crippen LogP contribution is 2.32. The summed E-state index contributed by atoms with van der Waals surface area (Å²) in [5, 5.41) is 50.1. The molecule has 604 valence electrons. The molecule has 0 aliphatic heterocycles. The van der Waals surface area contributed by atoms with Crippen molar-refractivity contribution < 1.29 is 23.9 Å². The normalized spacial score (nSPS) is 19.9. The Labute approximate surface area is 673 Å². The number of alkyl carbamates (subject to hydrolysis) is 2. The van der Waals surface area contributed by atoms with E-state index in [0.717, 1.165) is 133 Å². The average molecular weight is 1630 g/mol. The fourth-order valence-electron chi connectivity index (χ4n) is 12.7. The van der Waals surface area contributed by atoms with Crippen LogP contribution >= 0.6 is 58.0 Å². The van der Waals surface area contributed by atoms with Gasteiger partial charge in [0.25, 0.3) is 0 Å². The SMILES string of the molecule is C=CC(=O)N[C@H]1CCCC[C@@H](Nc2nc(Nc3cnn(C)c3)ncc2Cl)C1.CC(C)(C)OC(=O)N[C@H]1CCCC[C@@H](Nc2nc(Cl)ncc2Cl)C1.Cn1cc(N)cn1.Cn1cc(Nc2ncc(Cl)c(N[C@@H]3CCCC[C@H](N)C3)n2)cn1.Cn1cc(Nc2ncc(Cl)c(N[C@@H]3CCCC[C@H](NC(=O)OC(C)(C)C)C3)n2)cn1. The molecule has 0 bridgehead atoms. The molecular weight excluding hydrogens is 1530 g/mol. The molecule has 4 aliphatic carbocycles. The first-order valence-corrected chi connectivity index (χ1v) is 39.2. The Hall–Kier alpha value is -9.28. The third-order valence-corrected chi connectivity index (χ3v) is 18.9. The number of amides is 3. The van der Waals surface area contributed by atoms with Crippen LogP contribution in [-0.4, -0.2) is 157 Å². The minimum atomic E-state index is -0.515. The number of aromatic nitrogens is 16. The lowest BCUT2D eigenvalue weighted by Gasteiger charge is -2.25. The van der Waals surface area contributed by atoms with Crippen molar-refractivity contribution in [3.05, 3.63) is 112 Å². The number of nitrogen functional groups attached to an aromatic ring is 1. The van der Waals surface area contributed by atoms with Crippen LogP contribution in [0.25, 0.3) is 0 Å². The van der Waals surface area contributed by atoms with Crippen LogP contribution in [-0.2, 0) is 42.5 Å². The molecule has 4 fully saturated rings. The first kappa shape index (κ1) is 87.3. The van der Waals surface area contributed by atoms with E-state index in [1.165, 1.54) is 25.1 Å². The van der Waals surface area contributed by atoms with Crippen LogP contribution in [0.15, 0.2) is 87.0 Å². The highest BCUT2D eigenvalue weighted by atomic mass is 35.5. The van der Waals surface area contributed by atoms with Gasteiger partial charge >= 0.3 is 12.2 Å². The number of carbonyl (C=O) groups excluding carboxylic acids is 3. The number of nitrogens with one attached hydrogen (secondary N) is 10. The van der Waals surface area contributed by atoms with Crippen molar-refractivity contribution in [3.63, 3.8) is 0 Å². The molecule has 38 heteroatoms. The molecule has 8 heterocycles. The number of halogens is 5. The molecule has 12 rings (SSSR count). The van der Waals surface area contributed by atoms with Crippen molar-refractivity contribution in [3.8, 4) is 0 Å². The van der Waals surface area contributed by atoms with Gasteiger partial charge in [0.05, 0.1) is 72.3 Å². The predicted molar refractivity (Wildman–Crippen MR) is 439 cm³/mol. The maximum atomic E-state index is 12.2. The zero-order valence-electron chi connectivity index (χ0n) is 64.7. The Morgan fingerprint density at radius 3 is 1.05 bits per heavy atom. The van der Waals surface area contributed by atoms with Gasteiger partial charge in [-0.2, -0.15) is 40.3 Å². The summed E-state index contributed by atoms with van der Waals surface area (Å²) < 4.78 is 17.5. The van der Waals surface area contributed by atoms with Crippen molar-refractivity contribution in [1.29, 1.82) is 0 Å². The van der Waals surface area contributed by atoms with Gasteiger partial charge in [0, 0.05) is 101 Å². The van der Waals surface area contributed by atoms with E-state index in [1.807, 2.05) is 88.3 Å². The van der Waals surface area contributed by atoms with Crippen molar-refractivity contribution in [2.45, 2.75) is 229 Å². The third-order valence-electron chi connectivity index (χ3n) is 17.6. The standard InChI is InChI=1S/C20H30ClN7O2.C18H24ClN7O.C16H24Cl2N4O2.C15H22ClN7.C4H7N3/c1-20(2,3)30-19(29)26-14-8-6-5-7-13(9-14)24-17-16(21)11-22-18(27-17)25-15-10-23-28(4)12-15;1-3-16(27)22-12-6-4-5-7-13(8-12)23-17-15(19)10-20-18(25-17)24-14-9-21-26(2)11-14;1-16(2,3)24-15(23)21-11-7-5-4-6-10(8-11)20-13-12(17)9-19-14(18)22-13;1-23-9-12(7-19-23)21-15-18-8-13(16)14(22-15)20-11-5-3-2-4-10(17)6-11;1-7-3-4(5)2-6-7/h10-14H,5-9H2,1-4H3,(H,26,29)(H2,22,24,25,27);3,9-13H,1,4-8H2,2H3,(H,22,27)(H2,20,23,24,25);9-11H,4-8H2,1-3H3,(H,21,23)(H,19,20,22);7-11H,2-6,17H2,1H3,(H2,18,20,21,22);2-3H,5H2,1H3/t13-,14+;12-,13+;2*10-,11+;/m1010./s1. The van der Waals surface area contributed by atoms with Gasteiger partial charge in [-0.3, -0.25) is 23.5 Å². The number of hydrogen-bond acceptors (Lipinski definition) is 26. The van der Waals surface area contributed by atoms with Crippen LogP contribution in [0.4, 0.5) is 73.5 Å². The molecule has 8 atom stereocenters. The van der Waals surface area contributed by atoms with Crippen molar-refractivity contribution in [1.82, 2.24) is 94.9 Å². The Kier molecular flexibility index (Phi) is 33.8. The molecule has 0 radical (unpaired) electrons. The summed E-state index contributed by atoms with van der Waals surface area (Å²) in [6, 6.07) is 1.19. The lowest BCUT2D eigenvalue weighted by Crippen LogP contribution is -2.41. The molecule has 111 heavy (non-hydrogen) atoms. The Morgan fingerprint density at radius 1 is 0.432 bits per heavy atom. The fourth-order valence-corrected chi connectivity index (χ4v) is 13.4. The van der Waals surface area contributed by atoms with E-state index >= 15 is 0 Å². The first-order valence-electron chi connectivity index (χ1n) is 37.3. The molecule has 3 amide bonds. The Balaban J connectivity index is 0.000000181. The van der Waals surface area contributed by atoms with Crippen LogP contribution in [0, 0.1) is 0 Å². The van der Waals surface area contributed by atoms with E-state index < -0.39 is 11.2 Å². The molecule has 0 saturated heterocycles. The van der Waals surface area contributed by atoms with Crippen LogP contribution in [0.1, 0.15) is 170 Å². The Bertz CT molecular complexity index is 4220. The second-order valence-corrected chi connectivity index (χ2v) is 31.8. The molecule has 0 spiro atoms. The zero-order valence-corrected chi connectivity index (χ0v) is 68.5. The summed E-state index contributed by atoms with van der Waals surface area (Å²) in [6.07, 6.45) is 40.7. The lowest BCUT2D eigenvalue weighted by atomic mass is 10.1. The van der Waals surface area contributed by atoms with Crippen molar-refractivity contribution >= 4 is 140 Å². The van der Waals surface area contributed by atoms with E-state index in [9.17, 15) is 14.4 Å². The molecule has 8 aromatic rings. The van der Waals surface area contributed by atoms with Crippen molar-refractivity contribution in [2.75, 3.05) is 43.0 Å². The minimum Gasteiger partial charge on any atom is -0.444 e. The second kappa shape index (κ2) is 42.9. The number of rotatable bonds is 18. The topological polar surface area (TPSA) is 416 Å². The summed E-state index contributed by atoms with van der Waals surface area (Å²) in [6.45, 7) is 14.7. The van der Waals surface area contributed by atoms with E-state index in [1.54, 1.807) is 68.3 Å². The van der Waals surface area contributed by atoms with Gasteiger partial charge in [0.1, 0.15) is 37.1 Å². The first-order chi connectivity index (χ1) is 52.8. The van der Waals surface area contributed by atoms with E-state index in [2.05, 4.69) is 120 Å². The molecule has 0 aromatic carbocycles. The number of ether oxygens (including phenoxy) is 2. The molecule has 33 nitrogen and oxygen atoms in total. The molecule has 14 N–H and O–H groups in total. The van der Waals surface area contributed by atoms with Gasteiger partial charge in [-0.25, -0.2) is 29.5 Å². The van der Waals surface area contributed by atoms with Gasteiger partial charge in [-0.15, -0.1) is 0 Å². The number of nitrogens with zero attached hydrogens (tertiary/aromatic N) is 16. The third kappa shape index (κ3) is 32.2. The number of aryl methyl sites for hydroxylation is 4. The monoisotopic (exact) mass is 1630 g/mol. The van der Waals surface area contributed by atoms with Crippen LogP contribution in [0.3, 0.4) is 0 Å². The molecule has 0 unspecified atom stereocenters. The largest absolute Gasteiger partial charge is 0.444 e. The average Bonchev–Trinajstić information content (AvgIpc) is 1.08. The van der Waals surface area contributed by atoms with Crippen molar-refractivity contribution in [2.24, 2.45) is 33.9 Å². The lowest BCUT2D eigenvalue weighted by molar-refractivity contribution is -0.117. The van der Waals surface area contributed by atoms with Crippen LogP contribution in [0.5, 0.6) is 0 Å². The smallest absolute Gasteiger partial charge is 0.407 e. The molecule has 8 aromatic heterocycles. The number of carbonyl (C=O) groups is 3. The molecule has 4 aliphatic rings. The minimum absolute atomic E-state index is 0.0356. The highest BCUT2D eigenvalue weighted by Gasteiger charge is 2.29. The second-order valence-electron chi connectivity index (χ2n) is 29.8. The summed E-state index contributed by atoms with van der Waals surface area (Å²) in [5.74, 6) is 3.56. The van der Waals surface area contributed by atoms with Crippen LogP contribution < -0.4 is 64.6 Å². The summed E-state index contributed by atoms with van der Waals surface area (Å²) in [5.41, 5.74) is 13.5. The number of anilines is 11. The van der Waals surface area contributed by atoms with Gasteiger partial charge in [0.2, 0.25) is 29.0 Å². The molecular formula is C73H107Cl5N28O5. The van der Waals surface area contributed by atoms with E-state index in [0.29, 0.717) is 72.9 Å². The Morgan fingerprint density at radius 2 is 0.739 bits per heavy atom. The van der Waals surface area contributed by atoms with Gasteiger partial charge in [-0.05, 0) is 136 Å². The highest BCUT2D eigenvalue weighted by molar-refractivity contribution is 6.34. The quantitative estimate of drug-likeness (QED) is 0.0216. The maximum absolute atomic E-state index is 12.2. The molecule has 4 saturated carbocycles. The summed E-state index contributed by atoms with van der Waals surface area (Å²) in [4.78, 5) is 69.9. The van der Waals surface area contributed by atoms with E-state index in [4.69, 9.17) is 78.9 Å². The van der Waals surface area contributed by atoms with Crippen LogP contribution in [0.2, 0.25) is 25.4 Å². The number of nitrogens with two attached hydrogens (primary N) is 2. The van der Waals surface area contributed by atoms with Gasteiger partial charge in [0.15, 0.2) is 17.5 Å².